The second-order valence-corrected chi connectivity index (χ2v) is 0.909. The lowest BCUT2D eigenvalue weighted by molar-refractivity contribution is 2.20. The van der Waals surface area contributed by atoms with Gasteiger partial charge in [-0.15, -0.1) is 23.2 Å². The summed E-state index contributed by atoms with van der Waals surface area (Å²) in [6, 6.07) is 0. The minimum Gasteiger partial charge on any atom is -0.109 e. The Labute approximate surface area is 46.2 Å². The van der Waals surface area contributed by atoms with Crippen LogP contribution in [0.4, 0.5) is 0 Å². The van der Waals surface area contributed by atoms with Crippen LogP contribution in [0.3, 0.4) is 0 Å². The largest absolute Gasteiger partial charge is 0.109 e. The summed E-state index contributed by atoms with van der Waals surface area (Å²) in [7, 11) is 0. The number of hydrogen-bond acceptors (Lipinski definition) is 0. The average molecular weight is 112 g/mol. The molecule has 3 radical (unpaired) electrons. The summed E-state index contributed by atoms with van der Waals surface area (Å²) in [5.74, 6) is 0. The Kier molecular flexibility index (Phi) is 19.9. The molecule has 0 heterocycles. The molecule has 0 spiro atoms. The topological polar surface area (TPSA) is 0 Å². The fraction of sp³-hybridized carbons (Fsp3) is 1.00. The van der Waals surface area contributed by atoms with Crippen molar-refractivity contribution in [3.63, 3.8) is 0 Å². The molecule has 0 aromatic heterocycles. The molecule has 0 unspecified atom stereocenters. The van der Waals surface area contributed by atoms with Gasteiger partial charge in [0.15, 0.2) is 0 Å². The van der Waals surface area contributed by atoms with Crippen LogP contribution in [0.1, 0.15) is 0 Å². The van der Waals surface area contributed by atoms with Crippen LogP contribution in [0, 0.1) is 0 Å². The second kappa shape index (κ2) is 8.93. The van der Waals surface area contributed by atoms with Gasteiger partial charge < -0.3 is 0 Å². The third-order valence-electron chi connectivity index (χ3n) is 0. The molecule has 0 saturated carbocycles. The Bertz CT molecular complexity index is 6.00. The Hall–Kier alpha value is 1.11. The van der Waals surface area contributed by atoms with E-state index in [9.17, 15) is 0 Å². The van der Waals surface area contributed by atoms with Crippen LogP contribution < -0.4 is 0 Å². The molecule has 23 valence electrons. The quantitative estimate of drug-likeness (QED) is 0.324. The normalized spacial score (nSPS) is 4.50. The molecule has 0 aliphatic rings. The minimum absolute atomic E-state index is 0. The van der Waals surface area contributed by atoms with E-state index < -0.39 is 0 Å². The van der Waals surface area contributed by atoms with Crippen molar-refractivity contribution in [1.29, 1.82) is 0 Å². The molecule has 0 aromatic rings. The molecule has 0 nitrogen and oxygen atoms in total. The highest BCUT2D eigenvalue weighted by molar-refractivity contribution is 6.40. The molecule has 0 amide bonds. The van der Waals surface area contributed by atoms with Gasteiger partial charge >= 0.3 is 0 Å². The average Bonchev–Trinajstić information content (AvgIpc) is 0.918. The summed E-state index contributed by atoms with van der Waals surface area (Å²) in [6.07, 6.45) is 0. The van der Waals surface area contributed by atoms with E-state index in [-0.39, 0.29) is 22.7 Å². The standard InChI is InChI=1S/CH2Cl2.Al/c2-1-3;/h1H2;. The molecule has 0 atom stereocenters. The zero-order valence-corrected chi connectivity index (χ0v) is 4.71. The molecule has 4 heavy (non-hydrogen) atoms. The van der Waals surface area contributed by atoms with Crippen LogP contribution >= 0.6 is 23.2 Å². The van der Waals surface area contributed by atoms with Crippen LogP contribution in [0.2, 0.25) is 0 Å². The van der Waals surface area contributed by atoms with Gasteiger partial charge in [0.2, 0.25) is 0 Å². The Morgan fingerprint density at radius 1 is 1.25 bits per heavy atom. The molecule has 0 aliphatic carbocycles. The number of rotatable bonds is 0. The molecule has 0 aromatic carbocycles. The first-order valence-electron chi connectivity index (χ1n) is 0.535. The highest BCUT2D eigenvalue weighted by atomic mass is 35.5. The lowest BCUT2D eigenvalue weighted by atomic mass is 11.9. The van der Waals surface area contributed by atoms with Gasteiger partial charge in [-0.3, -0.25) is 0 Å². The van der Waals surface area contributed by atoms with Crippen LogP contribution in [0.5, 0.6) is 0 Å². The van der Waals surface area contributed by atoms with Gasteiger partial charge in [0.25, 0.3) is 0 Å². The third-order valence-corrected chi connectivity index (χ3v) is 0. The number of alkyl halides is 2. The van der Waals surface area contributed by atoms with Crippen LogP contribution in [0.25, 0.3) is 0 Å². The first-order valence-corrected chi connectivity index (χ1v) is 1.60. The Morgan fingerprint density at radius 3 is 1.25 bits per heavy atom. The van der Waals surface area contributed by atoms with Crippen molar-refractivity contribution in [2.24, 2.45) is 0 Å². The van der Waals surface area contributed by atoms with E-state index in [0.717, 1.165) is 0 Å². The van der Waals surface area contributed by atoms with Crippen molar-refractivity contribution < 1.29 is 0 Å². The van der Waals surface area contributed by atoms with E-state index in [1.807, 2.05) is 0 Å². The van der Waals surface area contributed by atoms with Crippen LogP contribution in [0.15, 0.2) is 0 Å². The van der Waals surface area contributed by atoms with Crippen molar-refractivity contribution in [2.75, 3.05) is 5.34 Å². The zero-order chi connectivity index (χ0) is 2.71. The second-order valence-electron chi connectivity index (χ2n) is 0.101. The van der Waals surface area contributed by atoms with Crippen molar-refractivity contribution >= 4 is 40.6 Å². The van der Waals surface area contributed by atoms with Gasteiger partial charge in [0.05, 0.1) is 5.34 Å². The molecule has 0 aliphatic heterocycles. The molecular formula is CH2AlCl2. The Balaban J connectivity index is 0. The predicted molar refractivity (Wildman–Crippen MR) is 22.3 cm³/mol. The van der Waals surface area contributed by atoms with Crippen molar-refractivity contribution in [1.82, 2.24) is 0 Å². The van der Waals surface area contributed by atoms with Crippen molar-refractivity contribution in [3.05, 3.63) is 0 Å². The fourth-order valence-corrected chi connectivity index (χ4v) is 0. The smallest absolute Gasteiger partial charge is 0.0967 e. The predicted octanol–water partition coefficient (Wildman–Crippen LogP) is 1.04. The molecule has 3 heteroatoms. The maximum Gasteiger partial charge on any atom is 0.0967 e. The molecule has 0 N–H and O–H groups in total. The maximum atomic E-state index is 4.76. The van der Waals surface area contributed by atoms with E-state index >= 15 is 0 Å². The number of hydrogen-bond donors (Lipinski definition) is 0. The molecule has 0 rings (SSSR count). The van der Waals surface area contributed by atoms with Gasteiger partial charge in [-0.2, -0.15) is 0 Å². The third kappa shape index (κ3) is 11.2. The number of halogens is 2. The van der Waals surface area contributed by atoms with Gasteiger partial charge in [0, 0.05) is 17.4 Å². The van der Waals surface area contributed by atoms with Crippen molar-refractivity contribution in [2.45, 2.75) is 0 Å². The van der Waals surface area contributed by atoms with E-state index in [2.05, 4.69) is 0 Å². The molecule has 0 bridgehead atoms. The Morgan fingerprint density at radius 2 is 1.25 bits per heavy atom. The molecule has 0 saturated heterocycles. The highest BCUT2D eigenvalue weighted by Gasteiger charge is 1.41. The van der Waals surface area contributed by atoms with Gasteiger partial charge in [0.1, 0.15) is 0 Å². The van der Waals surface area contributed by atoms with Gasteiger partial charge in [-0.05, 0) is 0 Å². The van der Waals surface area contributed by atoms with Gasteiger partial charge in [-0.1, -0.05) is 0 Å². The lowest BCUT2D eigenvalue weighted by Gasteiger charge is -1.42. The maximum absolute atomic E-state index is 4.76. The van der Waals surface area contributed by atoms with E-state index in [1.165, 1.54) is 0 Å². The summed E-state index contributed by atoms with van der Waals surface area (Å²) >= 11 is 9.53. The summed E-state index contributed by atoms with van der Waals surface area (Å²) in [5, 5.41) is 0.194. The minimum atomic E-state index is 0. The van der Waals surface area contributed by atoms with E-state index in [1.54, 1.807) is 0 Å². The lowest BCUT2D eigenvalue weighted by Crippen LogP contribution is -1.24. The summed E-state index contributed by atoms with van der Waals surface area (Å²) in [5.41, 5.74) is 0. The SMILES string of the molecule is ClCCl.[Al]. The summed E-state index contributed by atoms with van der Waals surface area (Å²) in [6.45, 7) is 0. The molecule has 0 fully saturated rings. The highest BCUT2D eigenvalue weighted by Crippen LogP contribution is 1.73. The fourth-order valence-electron chi connectivity index (χ4n) is 0. The van der Waals surface area contributed by atoms with E-state index in [0.29, 0.717) is 0 Å². The molecular weight excluding hydrogens is 110 g/mol. The van der Waals surface area contributed by atoms with Crippen LogP contribution in [-0.2, 0) is 0 Å². The van der Waals surface area contributed by atoms with Crippen LogP contribution in [-0.4, -0.2) is 22.7 Å². The first kappa shape index (κ1) is 8.93. The van der Waals surface area contributed by atoms with E-state index in [4.69, 9.17) is 23.2 Å². The first-order chi connectivity index (χ1) is 1.41. The zero-order valence-electron chi connectivity index (χ0n) is 2.04. The van der Waals surface area contributed by atoms with Crippen molar-refractivity contribution in [3.8, 4) is 0 Å². The summed E-state index contributed by atoms with van der Waals surface area (Å²) in [4.78, 5) is 0. The van der Waals surface area contributed by atoms with Gasteiger partial charge in [-0.25, -0.2) is 0 Å². The monoisotopic (exact) mass is 111 g/mol. The summed E-state index contributed by atoms with van der Waals surface area (Å²) < 4.78 is 0.